The first kappa shape index (κ1) is 16.8. The van der Waals surface area contributed by atoms with E-state index in [1.807, 2.05) is 26.0 Å². The van der Waals surface area contributed by atoms with Crippen LogP contribution in [0.15, 0.2) is 30.5 Å². The van der Waals surface area contributed by atoms with Gasteiger partial charge in [0.2, 0.25) is 0 Å². The van der Waals surface area contributed by atoms with Gasteiger partial charge in [-0.15, -0.1) is 10.2 Å². The van der Waals surface area contributed by atoms with Crippen LogP contribution in [0, 0.1) is 18.3 Å². The highest BCUT2D eigenvalue weighted by Crippen LogP contribution is 2.28. The molecular formula is C18H14ClN5O. The highest BCUT2D eigenvalue weighted by atomic mass is 35.5. The Bertz CT molecular complexity index is 1010. The number of carbonyl (C=O) groups excluding carboxylic acids is 1. The number of pyridine rings is 1. The second kappa shape index (κ2) is 6.83. The Morgan fingerprint density at radius 3 is 2.84 bits per heavy atom. The number of aldehydes is 1. The molecule has 0 amide bonds. The molecule has 0 bridgehead atoms. The predicted octanol–water partition coefficient (Wildman–Crippen LogP) is 3.84. The highest BCUT2D eigenvalue weighted by Gasteiger charge is 2.15. The predicted molar refractivity (Wildman–Crippen MR) is 95.7 cm³/mol. The summed E-state index contributed by atoms with van der Waals surface area (Å²) in [6.07, 6.45) is 2.14. The van der Waals surface area contributed by atoms with E-state index in [4.69, 9.17) is 11.6 Å². The van der Waals surface area contributed by atoms with Gasteiger partial charge in [-0.05, 0) is 37.1 Å². The van der Waals surface area contributed by atoms with Gasteiger partial charge < -0.3 is 5.32 Å². The summed E-state index contributed by atoms with van der Waals surface area (Å²) < 4.78 is 0. The molecule has 0 unspecified atom stereocenters. The van der Waals surface area contributed by atoms with Crippen LogP contribution in [-0.2, 0) is 0 Å². The zero-order valence-electron chi connectivity index (χ0n) is 13.6. The van der Waals surface area contributed by atoms with Crippen LogP contribution in [0.1, 0.15) is 40.1 Å². The van der Waals surface area contributed by atoms with Crippen molar-refractivity contribution in [1.29, 1.82) is 5.26 Å². The van der Waals surface area contributed by atoms with Gasteiger partial charge in [0.05, 0.1) is 17.7 Å². The zero-order chi connectivity index (χ0) is 18.0. The molecule has 0 saturated carbocycles. The number of hydrogen-bond donors (Lipinski definition) is 1. The molecule has 0 radical (unpaired) electrons. The summed E-state index contributed by atoms with van der Waals surface area (Å²) >= 11 is 5.99. The largest absolute Gasteiger partial charge is 0.362 e. The summed E-state index contributed by atoms with van der Waals surface area (Å²) in [5, 5.41) is 22.1. The number of nitrogens with zero attached hydrogens (tertiary/aromatic N) is 4. The third-order valence-corrected chi connectivity index (χ3v) is 4.29. The fourth-order valence-electron chi connectivity index (χ4n) is 2.76. The van der Waals surface area contributed by atoms with Crippen molar-refractivity contribution in [1.82, 2.24) is 15.2 Å². The van der Waals surface area contributed by atoms with Gasteiger partial charge in [-0.2, -0.15) is 5.26 Å². The van der Waals surface area contributed by atoms with E-state index in [1.54, 1.807) is 12.1 Å². The first-order valence-electron chi connectivity index (χ1n) is 7.58. The van der Waals surface area contributed by atoms with Crippen LogP contribution >= 0.6 is 11.6 Å². The van der Waals surface area contributed by atoms with Gasteiger partial charge in [-0.1, -0.05) is 23.7 Å². The molecule has 6 nitrogen and oxygen atoms in total. The molecule has 0 spiro atoms. The zero-order valence-corrected chi connectivity index (χ0v) is 14.4. The van der Waals surface area contributed by atoms with E-state index >= 15 is 0 Å². The van der Waals surface area contributed by atoms with E-state index in [0.717, 1.165) is 11.1 Å². The van der Waals surface area contributed by atoms with Gasteiger partial charge in [0.1, 0.15) is 10.8 Å². The average Bonchev–Trinajstić information content (AvgIpc) is 2.62. The minimum Gasteiger partial charge on any atom is -0.362 e. The third-order valence-electron chi connectivity index (χ3n) is 4.09. The molecule has 0 fully saturated rings. The summed E-state index contributed by atoms with van der Waals surface area (Å²) in [4.78, 5) is 15.2. The highest BCUT2D eigenvalue weighted by molar-refractivity contribution is 6.30. The van der Waals surface area contributed by atoms with Crippen LogP contribution in [0.3, 0.4) is 0 Å². The first-order valence-corrected chi connectivity index (χ1v) is 7.96. The van der Waals surface area contributed by atoms with E-state index in [1.165, 1.54) is 6.20 Å². The maximum absolute atomic E-state index is 11.2. The lowest BCUT2D eigenvalue weighted by atomic mass is 9.98. The number of nitrogens with one attached hydrogen (secondary N) is 1. The number of benzene rings is 1. The molecule has 3 rings (SSSR count). The molecule has 3 aromatic rings. The summed E-state index contributed by atoms with van der Waals surface area (Å²) in [5.41, 5.74) is 2.73. The van der Waals surface area contributed by atoms with Gasteiger partial charge >= 0.3 is 0 Å². The van der Waals surface area contributed by atoms with Crippen molar-refractivity contribution in [2.75, 3.05) is 5.32 Å². The normalized spacial score (nSPS) is 11.8. The van der Waals surface area contributed by atoms with Crippen molar-refractivity contribution in [3.8, 4) is 6.07 Å². The standard InChI is InChI=1S/C18H14ClN5O/c1-10-12(7-20)4-3-5-13(10)11(2)22-18-14-6-17(19)21-8-15(14)16(9-25)23-24-18/h3-6,8-9,11H,1-2H3,(H,22,24)/t11-/m1/s1. The molecule has 25 heavy (non-hydrogen) atoms. The van der Waals surface area contributed by atoms with E-state index < -0.39 is 0 Å². The van der Waals surface area contributed by atoms with Crippen molar-refractivity contribution in [2.24, 2.45) is 0 Å². The summed E-state index contributed by atoms with van der Waals surface area (Å²) in [7, 11) is 0. The van der Waals surface area contributed by atoms with E-state index in [9.17, 15) is 10.1 Å². The van der Waals surface area contributed by atoms with Gasteiger partial charge in [0.15, 0.2) is 12.1 Å². The monoisotopic (exact) mass is 351 g/mol. The number of nitriles is 1. The van der Waals surface area contributed by atoms with Crippen molar-refractivity contribution in [3.05, 3.63) is 58.0 Å². The SMILES string of the molecule is Cc1c(C#N)cccc1[C@@H](C)Nc1nnc(C=O)c2cnc(Cl)cc12. The number of aromatic nitrogens is 3. The number of rotatable bonds is 4. The molecule has 2 aromatic heterocycles. The van der Waals surface area contributed by atoms with Gasteiger partial charge in [-0.3, -0.25) is 4.79 Å². The summed E-state index contributed by atoms with van der Waals surface area (Å²) in [5.74, 6) is 0.499. The number of anilines is 1. The molecule has 7 heteroatoms. The Balaban J connectivity index is 2.05. The second-order valence-electron chi connectivity index (χ2n) is 5.60. The summed E-state index contributed by atoms with van der Waals surface area (Å²) in [6, 6.07) is 9.29. The lowest BCUT2D eigenvalue weighted by Crippen LogP contribution is -2.11. The van der Waals surface area contributed by atoms with Gasteiger partial charge in [0, 0.05) is 17.0 Å². The van der Waals surface area contributed by atoms with E-state index in [-0.39, 0.29) is 11.7 Å². The Labute approximate surface area is 149 Å². The lowest BCUT2D eigenvalue weighted by molar-refractivity contribution is 0.112. The van der Waals surface area contributed by atoms with Crippen LogP contribution in [0.2, 0.25) is 5.15 Å². The van der Waals surface area contributed by atoms with Crippen molar-refractivity contribution < 1.29 is 4.79 Å². The Morgan fingerprint density at radius 1 is 1.32 bits per heavy atom. The van der Waals surface area contributed by atoms with Gasteiger partial charge in [0.25, 0.3) is 0 Å². The Kier molecular flexibility index (Phi) is 4.59. The Hall–Kier alpha value is -3.04. The Morgan fingerprint density at radius 2 is 2.12 bits per heavy atom. The number of hydrogen-bond acceptors (Lipinski definition) is 6. The molecule has 1 atom stereocenters. The van der Waals surface area contributed by atoms with E-state index in [0.29, 0.717) is 33.6 Å². The van der Waals surface area contributed by atoms with Crippen LogP contribution in [-0.4, -0.2) is 21.5 Å². The minimum absolute atomic E-state index is 0.125. The summed E-state index contributed by atoms with van der Waals surface area (Å²) in [6.45, 7) is 3.87. The molecule has 0 aliphatic heterocycles. The fourth-order valence-corrected chi connectivity index (χ4v) is 2.92. The molecule has 0 aliphatic rings. The molecule has 124 valence electrons. The van der Waals surface area contributed by atoms with Crippen molar-refractivity contribution >= 4 is 34.5 Å². The van der Waals surface area contributed by atoms with Crippen LogP contribution in [0.4, 0.5) is 5.82 Å². The maximum atomic E-state index is 11.2. The molecule has 2 heterocycles. The molecule has 1 N–H and O–H groups in total. The van der Waals surface area contributed by atoms with Crippen molar-refractivity contribution in [2.45, 2.75) is 19.9 Å². The first-order chi connectivity index (χ1) is 12.0. The molecule has 0 saturated heterocycles. The third kappa shape index (κ3) is 3.14. The van der Waals surface area contributed by atoms with Crippen LogP contribution < -0.4 is 5.32 Å². The average molecular weight is 352 g/mol. The minimum atomic E-state index is -0.125. The second-order valence-corrected chi connectivity index (χ2v) is 5.99. The fraction of sp³-hybridized carbons (Fsp3) is 0.167. The lowest BCUT2D eigenvalue weighted by Gasteiger charge is -2.18. The number of fused-ring (bicyclic) bond motifs is 1. The van der Waals surface area contributed by atoms with Gasteiger partial charge in [-0.25, -0.2) is 4.98 Å². The van der Waals surface area contributed by atoms with Crippen LogP contribution in [0.25, 0.3) is 10.8 Å². The van der Waals surface area contributed by atoms with E-state index in [2.05, 4.69) is 26.6 Å². The molecular weight excluding hydrogens is 338 g/mol. The smallest absolute Gasteiger partial charge is 0.171 e. The molecule has 1 aromatic carbocycles. The van der Waals surface area contributed by atoms with Crippen molar-refractivity contribution in [3.63, 3.8) is 0 Å². The maximum Gasteiger partial charge on any atom is 0.171 e. The quantitative estimate of drug-likeness (QED) is 0.567. The topological polar surface area (TPSA) is 91.6 Å². The molecule has 0 aliphatic carbocycles. The van der Waals surface area contributed by atoms with Crippen LogP contribution in [0.5, 0.6) is 0 Å². The number of halogens is 1. The number of carbonyl (C=O) groups is 1.